The van der Waals surface area contributed by atoms with Gasteiger partial charge in [-0.15, -0.1) is 0 Å². The summed E-state index contributed by atoms with van der Waals surface area (Å²) in [6.45, 7) is 4.83. The first kappa shape index (κ1) is 15.1. The fourth-order valence-corrected chi connectivity index (χ4v) is 1.65. The van der Waals surface area contributed by atoms with E-state index in [0.717, 1.165) is 6.42 Å². The summed E-state index contributed by atoms with van der Waals surface area (Å²) in [6, 6.07) is 3.27. The first-order chi connectivity index (χ1) is 8.99. The molecule has 1 aromatic carbocycles. The van der Waals surface area contributed by atoms with Gasteiger partial charge in [0.05, 0.1) is 25.5 Å². The molecule has 3 N–H and O–H groups in total. The summed E-state index contributed by atoms with van der Waals surface area (Å²) >= 11 is 0. The van der Waals surface area contributed by atoms with Crippen LogP contribution in [0.5, 0.6) is 11.5 Å². The molecule has 0 heterocycles. The zero-order valence-corrected chi connectivity index (χ0v) is 11.9. The van der Waals surface area contributed by atoms with Gasteiger partial charge in [0.15, 0.2) is 0 Å². The lowest BCUT2D eigenvalue weighted by Gasteiger charge is -2.13. The highest BCUT2D eigenvalue weighted by Crippen LogP contribution is 2.30. The Hall–Kier alpha value is -1.91. The van der Waals surface area contributed by atoms with Gasteiger partial charge in [-0.2, -0.15) is 0 Å². The van der Waals surface area contributed by atoms with Gasteiger partial charge in [-0.05, 0) is 18.4 Å². The van der Waals surface area contributed by atoms with E-state index in [4.69, 9.17) is 15.2 Å². The molecule has 1 rings (SSSR count). The minimum Gasteiger partial charge on any atom is -0.497 e. The van der Waals surface area contributed by atoms with Crippen molar-refractivity contribution in [1.29, 1.82) is 0 Å². The molecule has 0 spiro atoms. The van der Waals surface area contributed by atoms with Crippen LogP contribution in [0.2, 0.25) is 0 Å². The minimum atomic E-state index is -0.213. The number of benzene rings is 1. The van der Waals surface area contributed by atoms with Crippen molar-refractivity contribution < 1.29 is 14.3 Å². The molecular formula is C14H22N2O3. The van der Waals surface area contributed by atoms with Crippen LogP contribution in [-0.4, -0.2) is 26.7 Å². The number of nitrogens with two attached hydrogens (primary N) is 1. The van der Waals surface area contributed by atoms with Gasteiger partial charge in [0.2, 0.25) is 0 Å². The smallest absolute Gasteiger partial charge is 0.253 e. The largest absolute Gasteiger partial charge is 0.497 e. The summed E-state index contributed by atoms with van der Waals surface area (Å²) in [7, 11) is 3.04. The van der Waals surface area contributed by atoms with Gasteiger partial charge in [0.25, 0.3) is 5.91 Å². The maximum atomic E-state index is 12.1. The molecule has 106 valence electrons. The van der Waals surface area contributed by atoms with Crippen molar-refractivity contribution in [2.75, 3.05) is 26.5 Å². The molecule has 0 aliphatic heterocycles. The van der Waals surface area contributed by atoms with Crippen LogP contribution in [0.4, 0.5) is 5.69 Å². The molecule has 0 aliphatic carbocycles. The number of amides is 1. The topological polar surface area (TPSA) is 73.6 Å². The first-order valence-corrected chi connectivity index (χ1v) is 6.29. The van der Waals surface area contributed by atoms with E-state index in [0.29, 0.717) is 35.2 Å². The van der Waals surface area contributed by atoms with Gasteiger partial charge in [0.1, 0.15) is 11.5 Å². The third-order valence-electron chi connectivity index (χ3n) is 2.82. The third-order valence-corrected chi connectivity index (χ3v) is 2.82. The lowest BCUT2D eigenvalue weighted by molar-refractivity contribution is 0.0952. The molecule has 0 bridgehead atoms. The van der Waals surface area contributed by atoms with Crippen LogP contribution in [0.3, 0.4) is 0 Å². The number of rotatable bonds is 6. The molecule has 5 heteroatoms. The summed E-state index contributed by atoms with van der Waals surface area (Å²) in [4.78, 5) is 12.1. The van der Waals surface area contributed by atoms with Crippen molar-refractivity contribution in [2.24, 2.45) is 5.92 Å². The van der Waals surface area contributed by atoms with Crippen molar-refractivity contribution >= 4 is 11.6 Å². The number of ether oxygens (including phenoxy) is 2. The average Bonchev–Trinajstić information content (AvgIpc) is 2.38. The number of nitrogens with one attached hydrogen (secondary N) is 1. The van der Waals surface area contributed by atoms with Crippen LogP contribution in [0.15, 0.2) is 12.1 Å². The zero-order valence-electron chi connectivity index (χ0n) is 11.9. The second-order valence-electron chi connectivity index (χ2n) is 4.73. The van der Waals surface area contributed by atoms with Crippen LogP contribution in [0.1, 0.15) is 30.6 Å². The number of anilines is 1. The molecule has 0 unspecified atom stereocenters. The second-order valence-corrected chi connectivity index (χ2v) is 4.73. The lowest BCUT2D eigenvalue weighted by atomic mass is 10.1. The summed E-state index contributed by atoms with van der Waals surface area (Å²) in [5.41, 5.74) is 6.61. The van der Waals surface area contributed by atoms with E-state index in [1.54, 1.807) is 12.1 Å². The summed E-state index contributed by atoms with van der Waals surface area (Å²) in [5.74, 6) is 1.31. The Morgan fingerprint density at radius 1 is 1.32 bits per heavy atom. The molecule has 0 saturated carbocycles. The summed E-state index contributed by atoms with van der Waals surface area (Å²) < 4.78 is 10.3. The molecule has 1 amide bonds. The highest BCUT2D eigenvalue weighted by molar-refractivity contribution is 6.00. The number of carbonyl (C=O) groups is 1. The van der Waals surface area contributed by atoms with Gasteiger partial charge in [-0.25, -0.2) is 0 Å². The molecule has 0 radical (unpaired) electrons. The maximum absolute atomic E-state index is 12.1. The van der Waals surface area contributed by atoms with Gasteiger partial charge in [-0.3, -0.25) is 4.79 Å². The molecule has 0 saturated heterocycles. The number of hydrogen-bond donors (Lipinski definition) is 2. The zero-order chi connectivity index (χ0) is 14.4. The predicted octanol–water partition coefficient (Wildman–Crippen LogP) is 2.06. The molecule has 5 nitrogen and oxygen atoms in total. The molecule has 0 fully saturated rings. The van der Waals surface area contributed by atoms with Gasteiger partial charge >= 0.3 is 0 Å². The predicted molar refractivity (Wildman–Crippen MR) is 75.7 cm³/mol. The molecule has 0 atom stereocenters. The Morgan fingerprint density at radius 2 is 2.00 bits per heavy atom. The van der Waals surface area contributed by atoms with Crippen molar-refractivity contribution in [3.8, 4) is 11.5 Å². The van der Waals surface area contributed by atoms with E-state index in [1.807, 2.05) is 0 Å². The number of methoxy groups -OCH3 is 2. The quantitative estimate of drug-likeness (QED) is 0.773. The molecule has 0 aliphatic rings. The van der Waals surface area contributed by atoms with E-state index in [9.17, 15) is 4.79 Å². The molecule has 0 aromatic heterocycles. The van der Waals surface area contributed by atoms with Crippen LogP contribution in [0.25, 0.3) is 0 Å². The third kappa shape index (κ3) is 4.05. The van der Waals surface area contributed by atoms with Crippen molar-refractivity contribution in [3.63, 3.8) is 0 Å². The van der Waals surface area contributed by atoms with Gasteiger partial charge in [-0.1, -0.05) is 13.8 Å². The Bertz CT molecular complexity index is 445. The van der Waals surface area contributed by atoms with Crippen molar-refractivity contribution in [2.45, 2.75) is 20.3 Å². The van der Waals surface area contributed by atoms with Gasteiger partial charge in [0, 0.05) is 12.6 Å². The monoisotopic (exact) mass is 266 g/mol. The summed E-state index contributed by atoms with van der Waals surface area (Å²) in [5, 5.41) is 2.84. The van der Waals surface area contributed by atoms with Crippen LogP contribution >= 0.6 is 0 Å². The molecule has 19 heavy (non-hydrogen) atoms. The van der Waals surface area contributed by atoms with Crippen LogP contribution in [-0.2, 0) is 0 Å². The Labute approximate surface area is 114 Å². The second kappa shape index (κ2) is 6.87. The van der Waals surface area contributed by atoms with Crippen molar-refractivity contribution in [3.05, 3.63) is 17.7 Å². The van der Waals surface area contributed by atoms with E-state index in [2.05, 4.69) is 19.2 Å². The Morgan fingerprint density at radius 3 is 2.53 bits per heavy atom. The van der Waals surface area contributed by atoms with E-state index in [1.165, 1.54) is 14.2 Å². The Kier molecular flexibility index (Phi) is 5.48. The normalized spacial score (nSPS) is 10.4. The molecule has 1 aromatic rings. The maximum Gasteiger partial charge on any atom is 0.253 e. The number of hydrogen-bond acceptors (Lipinski definition) is 4. The fourth-order valence-electron chi connectivity index (χ4n) is 1.65. The average molecular weight is 266 g/mol. The Balaban J connectivity index is 2.89. The van der Waals surface area contributed by atoms with Crippen LogP contribution in [0, 0.1) is 5.92 Å². The van der Waals surface area contributed by atoms with E-state index < -0.39 is 0 Å². The van der Waals surface area contributed by atoms with E-state index in [-0.39, 0.29) is 5.91 Å². The number of carbonyl (C=O) groups excluding carboxylic acids is 1. The van der Waals surface area contributed by atoms with E-state index >= 15 is 0 Å². The lowest BCUT2D eigenvalue weighted by Crippen LogP contribution is -2.26. The highest BCUT2D eigenvalue weighted by Gasteiger charge is 2.15. The molecular weight excluding hydrogens is 244 g/mol. The van der Waals surface area contributed by atoms with Gasteiger partial charge < -0.3 is 20.5 Å². The fraction of sp³-hybridized carbons (Fsp3) is 0.500. The SMILES string of the molecule is COc1cc(OC)c(N)c(C(=O)NCCC(C)C)c1. The standard InChI is InChI=1S/C14H22N2O3/c1-9(2)5-6-16-14(17)11-7-10(18-3)8-12(19-4)13(11)15/h7-9H,5-6,15H2,1-4H3,(H,16,17). The minimum absolute atomic E-state index is 0.213. The van der Waals surface area contributed by atoms with Crippen molar-refractivity contribution in [1.82, 2.24) is 5.32 Å². The number of nitrogen functional groups attached to an aromatic ring is 1. The first-order valence-electron chi connectivity index (χ1n) is 6.29. The highest BCUT2D eigenvalue weighted by atomic mass is 16.5. The van der Waals surface area contributed by atoms with Crippen LogP contribution < -0.4 is 20.5 Å². The summed E-state index contributed by atoms with van der Waals surface area (Å²) in [6.07, 6.45) is 0.923.